The molecular weight excluding hydrogens is 211 g/mol. The molecule has 1 rings (SSSR count). The minimum absolute atomic E-state index is 1.23. The van der Waals surface area contributed by atoms with Crippen LogP contribution in [-0.4, -0.2) is 0 Å². The van der Waals surface area contributed by atoms with Crippen LogP contribution in [0, 0.1) is 0 Å². The average Bonchev–Trinajstić information content (AvgIpc) is 1.77. The third-order valence-corrected chi connectivity index (χ3v) is 2.61. The minimum Gasteiger partial charge on any atom is -0.0802 e. The number of hydrogen-bond donors (Lipinski definition) is 0. The Morgan fingerprint density at radius 3 is 2.38 bits per heavy atom. The fourth-order valence-electron chi connectivity index (χ4n) is 0.768. The standard InChI is InChI=1S/C7H9I/c1-6-4-2-3-5-7(6)8/h4-5H,2-3H2,1H3. The Kier molecular flexibility index (Phi) is 2.11. The second kappa shape index (κ2) is 2.67. The molecule has 0 spiro atoms. The maximum Gasteiger partial charge on any atom is 0.0116 e. The van der Waals surface area contributed by atoms with E-state index in [1.54, 1.807) is 0 Å². The summed E-state index contributed by atoms with van der Waals surface area (Å²) in [4.78, 5) is 0. The molecule has 0 unspecified atom stereocenters. The molecule has 0 nitrogen and oxygen atoms in total. The Morgan fingerprint density at radius 2 is 2.00 bits per heavy atom. The van der Waals surface area contributed by atoms with Gasteiger partial charge in [-0.15, -0.1) is 0 Å². The number of halogens is 1. The molecule has 1 aliphatic carbocycles. The summed E-state index contributed by atoms with van der Waals surface area (Å²) in [5.41, 5.74) is 1.44. The molecule has 0 saturated carbocycles. The summed E-state index contributed by atoms with van der Waals surface area (Å²) in [6.07, 6.45) is 7.05. The van der Waals surface area contributed by atoms with Gasteiger partial charge in [-0.25, -0.2) is 0 Å². The van der Waals surface area contributed by atoms with Crippen molar-refractivity contribution in [2.75, 3.05) is 0 Å². The second-order valence-electron chi connectivity index (χ2n) is 2.02. The van der Waals surface area contributed by atoms with Crippen molar-refractivity contribution in [1.82, 2.24) is 0 Å². The molecule has 0 aromatic rings. The molecule has 0 aliphatic heterocycles. The number of hydrogen-bond acceptors (Lipinski definition) is 0. The van der Waals surface area contributed by atoms with E-state index >= 15 is 0 Å². The van der Waals surface area contributed by atoms with E-state index in [0.717, 1.165) is 0 Å². The van der Waals surface area contributed by atoms with E-state index in [9.17, 15) is 0 Å². The molecule has 44 valence electrons. The number of allylic oxidation sites excluding steroid dienone is 4. The third-order valence-electron chi connectivity index (χ3n) is 1.32. The highest BCUT2D eigenvalue weighted by atomic mass is 127. The summed E-state index contributed by atoms with van der Waals surface area (Å²) in [6.45, 7) is 2.16. The van der Waals surface area contributed by atoms with Crippen LogP contribution in [0.2, 0.25) is 0 Å². The maximum absolute atomic E-state index is 2.38. The van der Waals surface area contributed by atoms with Crippen molar-refractivity contribution < 1.29 is 0 Å². The zero-order chi connectivity index (χ0) is 5.98. The fourth-order valence-corrected chi connectivity index (χ4v) is 1.30. The summed E-state index contributed by atoms with van der Waals surface area (Å²) >= 11 is 2.38. The lowest BCUT2D eigenvalue weighted by molar-refractivity contribution is 1.01. The van der Waals surface area contributed by atoms with Crippen LogP contribution in [0.4, 0.5) is 0 Å². The van der Waals surface area contributed by atoms with Crippen molar-refractivity contribution in [3.63, 3.8) is 0 Å². The summed E-state index contributed by atoms with van der Waals surface area (Å²) < 4.78 is 1.42. The minimum atomic E-state index is 1.23. The molecule has 0 saturated heterocycles. The second-order valence-corrected chi connectivity index (χ2v) is 3.18. The van der Waals surface area contributed by atoms with Crippen LogP contribution in [0.15, 0.2) is 21.3 Å². The molecule has 0 amide bonds. The van der Waals surface area contributed by atoms with Crippen LogP contribution in [0.3, 0.4) is 0 Å². The van der Waals surface area contributed by atoms with E-state index in [-0.39, 0.29) is 0 Å². The van der Waals surface area contributed by atoms with Gasteiger partial charge in [-0.3, -0.25) is 0 Å². The van der Waals surface area contributed by atoms with Crippen molar-refractivity contribution in [3.05, 3.63) is 21.3 Å². The van der Waals surface area contributed by atoms with Gasteiger partial charge in [0.05, 0.1) is 0 Å². The van der Waals surface area contributed by atoms with Gasteiger partial charge in [-0.2, -0.15) is 0 Å². The molecule has 0 bridgehead atoms. The van der Waals surface area contributed by atoms with Crippen molar-refractivity contribution in [1.29, 1.82) is 0 Å². The molecule has 1 heteroatoms. The Hall–Kier alpha value is 0.210. The lowest BCUT2D eigenvalue weighted by Crippen LogP contribution is -1.82. The van der Waals surface area contributed by atoms with Gasteiger partial charge in [0.1, 0.15) is 0 Å². The molecule has 1 aliphatic rings. The maximum atomic E-state index is 2.38. The van der Waals surface area contributed by atoms with Gasteiger partial charge >= 0.3 is 0 Å². The monoisotopic (exact) mass is 220 g/mol. The van der Waals surface area contributed by atoms with Gasteiger partial charge in [0.25, 0.3) is 0 Å². The smallest absolute Gasteiger partial charge is 0.0116 e. The SMILES string of the molecule is CC1=CCCC=C1I. The quantitative estimate of drug-likeness (QED) is 0.550. The van der Waals surface area contributed by atoms with Crippen molar-refractivity contribution in [2.45, 2.75) is 19.8 Å². The molecule has 0 radical (unpaired) electrons. The van der Waals surface area contributed by atoms with E-state index in [0.29, 0.717) is 0 Å². The molecule has 0 fully saturated rings. The van der Waals surface area contributed by atoms with Crippen molar-refractivity contribution in [3.8, 4) is 0 Å². The highest BCUT2D eigenvalue weighted by Gasteiger charge is 1.97. The molecule has 0 heterocycles. The third kappa shape index (κ3) is 1.34. The van der Waals surface area contributed by atoms with Gasteiger partial charge < -0.3 is 0 Å². The summed E-state index contributed by atoms with van der Waals surface area (Å²) in [5.74, 6) is 0. The van der Waals surface area contributed by atoms with Gasteiger partial charge in [0, 0.05) is 3.58 Å². The highest BCUT2D eigenvalue weighted by Crippen LogP contribution is 2.22. The summed E-state index contributed by atoms with van der Waals surface area (Å²) in [6, 6.07) is 0. The highest BCUT2D eigenvalue weighted by molar-refractivity contribution is 14.1. The number of rotatable bonds is 0. The first kappa shape index (κ1) is 6.33. The molecule has 0 aromatic carbocycles. The lowest BCUT2D eigenvalue weighted by Gasteiger charge is -2.03. The van der Waals surface area contributed by atoms with E-state index in [1.165, 1.54) is 22.0 Å². The Balaban J connectivity index is 2.73. The van der Waals surface area contributed by atoms with Crippen LogP contribution in [0.5, 0.6) is 0 Å². The average molecular weight is 220 g/mol. The van der Waals surface area contributed by atoms with Crippen LogP contribution < -0.4 is 0 Å². The molecule has 0 atom stereocenters. The van der Waals surface area contributed by atoms with Crippen LogP contribution in [0.25, 0.3) is 0 Å². The van der Waals surface area contributed by atoms with Crippen molar-refractivity contribution in [2.24, 2.45) is 0 Å². The predicted octanol–water partition coefficient (Wildman–Crippen LogP) is 3.05. The first-order valence-electron chi connectivity index (χ1n) is 2.83. The summed E-state index contributed by atoms with van der Waals surface area (Å²) in [7, 11) is 0. The van der Waals surface area contributed by atoms with Crippen molar-refractivity contribution >= 4 is 22.6 Å². The molecular formula is C7H9I. The topological polar surface area (TPSA) is 0 Å². The van der Waals surface area contributed by atoms with Crippen LogP contribution in [0.1, 0.15) is 19.8 Å². The largest absolute Gasteiger partial charge is 0.0802 e. The van der Waals surface area contributed by atoms with Crippen LogP contribution >= 0.6 is 22.6 Å². The predicted molar refractivity (Wildman–Crippen MR) is 45.1 cm³/mol. The fraction of sp³-hybridized carbons (Fsp3) is 0.429. The van der Waals surface area contributed by atoms with E-state index in [1.807, 2.05) is 0 Å². The van der Waals surface area contributed by atoms with Gasteiger partial charge in [-0.05, 0) is 47.9 Å². The zero-order valence-electron chi connectivity index (χ0n) is 4.95. The van der Waals surface area contributed by atoms with E-state index < -0.39 is 0 Å². The van der Waals surface area contributed by atoms with Crippen LogP contribution in [-0.2, 0) is 0 Å². The zero-order valence-corrected chi connectivity index (χ0v) is 7.10. The molecule has 8 heavy (non-hydrogen) atoms. The van der Waals surface area contributed by atoms with Gasteiger partial charge in [0.15, 0.2) is 0 Å². The van der Waals surface area contributed by atoms with E-state index in [2.05, 4.69) is 41.7 Å². The van der Waals surface area contributed by atoms with Gasteiger partial charge in [0.2, 0.25) is 0 Å². The molecule has 0 N–H and O–H groups in total. The Bertz CT molecular complexity index is 124. The molecule has 0 aromatic heterocycles. The van der Waals surface area contributed by atoms with E-state index in [4.69, 9.17) is 0 Å². The first-order valence-corrected chi connectivity index (χ1v) is 3.91. The van der Waals surface area contributed by atoms with Gasteiger partial charge in [-0.1, -0.05) is 12.2 Å². The lowest BCUT2D eigenvalue weighted by atomic mass is 10.1. The summed E-state index contributed by atoms with van der Waals surface area (Å²) in [5, 5.41) is 0. The first-order chi connectivity index (χ1) is 3.80. The Labute approximate surface area is 63.8 Å². The Morgan fingerprint density at radius 1 is 1.38 bits per heavy atom. The normalized spacial score (nSPS) is 19.8.